The lowest BCUT2D eigenvalue weighted by atomic mass is 9.95. The monoisotopic (exact) mass is 388 g/mol. The molecule has 1 aliphatic carbocycles. The van der Waals surface area contributed by atoms with Gasteiger partial charge in [-0.05, 0) is 43.4 Å². The van der Waals surface area contributed by atoms with E-state index in [1.165, 1.54) is 12.8 Å². The fourth-order valence-corrected chi connectivity index (χ4v) is 3.75. The zero-order chi connectivity index (χ0) is 20.4. The smallest absolute Gasteiger partial charge is 0.211 e. The van der Waals surface area contributed by atoms with Crippen LogP contribution in [0.25, 0.3) is 0 Å². The lowest BCUT2D eigenvalue weighted by Gasteiger charge is -2.26. The van der Waals surface area contributed by atoms with E-state index in [4.69, 9.17) is 21.5 Å². The third-order valence-electron chi connectivity index (χ3n) is 5.16. The zero-order valence-electron chi connectivity index (χ0n) is 15.6. The van der Waals surface area contributed by atoms with E-state index in [0.717, 1.165) is 24.2 Å². The van der Waals surface area contributed by atoms with E-state index >= 15 is 0 Å². The van der Waals surface area contributed by atoms with Crippen LogP contribution in [0, 0.1) is 22.8 Å². The van der Waals surface area contributed by atoms with E-state index in [0.29, 0.717) is 11.4 Å². The van der Waals surface area contributed by atoms with Gasteiger partial charge in [-0.1, -0.05) is 12.1 Å². The van der Waals surface area contributed by atoms with Gasteiger partial charge in [-0.3, -0.25) is 5.32 Å². The van der Waals surface area contributed by atoms with Crippen molar-refractivity contribution in [2.75, 3.05) is 16.8 Å². The molecule has 2 aliphatic rings. The zero-order valence-corrected chi connectivity index (χ0v) is 15.6. The predicted molar refractivity (Wildman–Crippen MR) is 109 cm³/mol. The van der Waals surface area contributed by atoms with Crippen molar-refractivity contribution >= 4 is 23.3 Å². The molecule has 0 bridgehead atoms. The van der Waals surface area contributed by atoms with Gasteiger partial charge < -0.3 is 21.5 Å². The van der Waals surface area contributed by atoms with E-state index in [1.54, 1.807) is 0 Å². The molecule has 1 unspecified atom stereocenters. The molecular formula is C20H20N8O. The second kappa shape index (κ2) is 7.56. The first-order valence-corrected chi connectivity index (χ1v) is 9.36. The van der Waals surface area contributed by atoms with Crippen molar-refractivity contribution in [2.45, 2.75) is 37.8 Å². The Bertz CT molecular complexity index is 1040. The van der Waals surface area contributed by atoms with Crippen LogP contribution in [-0.4, -0.2) is 17.0 Å². The number of aromatic nitrogens is 1. The molecule has 2 heterocycles. The Morgan fingerprint density at radius 1 is 1.14 bits per heavy atom. The van der Waals surface area contributed by atoms with Crippen molar-refractivity contribution in [2.24, 2.45) is 4.99 Å². The Balaban J connectivity index is 1.72. The summed E-state index contributed by atoms with van der Waals surface area (Å²) in [5.41, 5.74) is 13.8. The highest BCUT2D eigenvalue weighted by Gasteiger charge is 2.29. The van der Waals surface area contributed by atoms with Crippen LogP contribution in [-0.2, 0) is 0 Å². The number of nitrogens with two attached hydrogens (primary N) is 2. The minimum atomic E-state index is -0.553. The number of nitrogens with zero attached hydrogens (tertiary/aromatic N) is 4. The van der Waals surface area contributed by atoms with Crippen LogP contribution in [0.3, 0.4) is 0 Å². The second-order valence-electron chi connectivity index (χ2n) is 7.00. The van der Waals surface area contributed by atoms with Crippen molar-refractivity contribution < 1.29 is 4.74 Å². The number of nitrogens with one attached hydrogen (secondary N) is 2. The highest BCUT2D eigenvalue weighted by molar-refractivity contribution is 5.98. The number of rotatable bonds is 3. The summed E-state index contributed by atoms with van der Waals surface area (Å²) in [5, 5.41) is 23.8. The number of guanidine groups is 1. The average Bonchev–Trinajstić information content (AvgIpc) is 3.21. The molecule has 0 saturated heterocycles. The molecule has 1 aromatic heterocycles. The SMILES string of the molecule is N#CNC1=NC(c2ccc(OC3CCCC3)cc2)c2c(nc(N)c(C#N)c2N)N1. The van der Waals surface area contributed by atoms with Crippen LogP contribution < -0.4 is 26.8 Å². The Kier molecular flexibility index (Phi) is 4.80. The summed E-state index contributed by atoms with van der Waals surface area (Å²) in [6, 6.07) is 9.04. The summed E-state index contributed by atoms with van der Waals surface area (Å²) < 4.78 is 6.02. The van der Waals surface area contributed by atoms with E-state index in [2.05, 4.69) is 20.6 Å². The maximum Gasteiger partial charge on any atom is 0.211 e. The number of hydrogen-bond donors (Lipinski definition) is 4. The van der Waals surface area contributed by atoms with Gasteiger partial charge in [0.05, 0.1) is 11.8 Å². The van der Waals surface area contributed by atoms with Gasteiger partial charge in [0, 0.05) is 5.56 Å². The van der Waals surface area contributed by atoms with Crippen molar-refractivity contribution in [1.82, 2.24) is 10.3 Å². The van der Waals surface area contributed by atoms with Gasteiger partial charge in [-0.15, -0.1) is 0 Å². The molecule has 9 nitrogen and oxygen atoms in total. The first-order chi connectivity index (χ1) is 14.1. The van der Waals surface area contributed by atoms with Crippen molar-refractivity contribution in [3.8, 4) is 18.0 Å². The molecule has 1 atom stereocenters. The fraction of sp³-hybridized carbons (Fsp3) is 0.300. The maximum atomic E-state index is 9.39. The highest BCUT2D eigenvalue weighted by Crippen LogP contribution is 2.40. The Morgan fingerprint density at radius 3 is 2.52 bits per heavy atom. The van der Waals surface area contributed by atoms with Crippen LogP contribution in [0.4, 0.5) is 17.3 Å². The van der Waals surface area contributed by atoms with Crippen LogP contribution >= 0.6 is 0 Å². The fourth-order valence-electron chi connectivity index (χ4n) is 3.75. The number of nitriles is 2. The van der Waals surface area contributed by atoms with Gasteiger partial charge in [0.2, 0.25) is 5.96 Å². The molecule has 4 rings (SSSR count). The molecule has 1 aromatic carbocycles. The Morgan fingerprint density at radius 2 is 1.86 bits per heavy atom. The van der Waals surface area contributed by atoms with Gasteiger partial charge in [0.15, 0.2) is 6.19 Å². The summed E-state index contributed by atoms with van der Waals surface area (Å²) in [4.78, 5) is 8.79. The third kappa shape index (κ3) is 3.46. The van der Waals surface area contributed by atoms with E-state index in [1.807, 2.05) is 36.5 Å². The summed E-state index contributed by atoms with van der Waals surface area (Å²) in [7, 11) is 0. The number of hydrogen-bond acceptors (Lipinski definition) is 9. The van der Waals surface area contributed by atoms with Crippen LogP contribution in [0.15, 0.2) is 29.3 Å². The standard InChI is InChI=1S/C20H20N8O/c21-9-14-16(23)15-17(26-20(25-10-22)28-19(15)27-18(14)24)11-5-7-13(8-6-11)29-12-3-1-2-4-12/h5-8,12,17H,1-4H2,(H6,23,24,25,26,27,28). The number of aliphatic imine (C=N–C) groups is 1. The van der Waals surface area contributed by atoms with Crippen LogP contribution in [0.1, 0.15) is 48.4 Å². The lowest BCUT2D eigenvalue weighted by Crippen LogP contribution is -2.32. The van der Waals surface area contributed by atoms with E-state index < -0.39 is 6.04 Å². The summed E-state index contributed by atoms with van der Waals surface area (Å²) in [5.74, 6) is 1.42. The van der Waals surface area contributed by atoms with E-state index in [-0.39, 0.29) is 29.1 Å². The number of ether oxygens (including phenoxy) is 1. The van der Waals surface area contributed by atoms with E-state index in [9.17, 15) is 5.26 Å². The quantitative estimate of drug-likeness (QED) is 0.461. The van der Waals surface area contributed by atoms with Gasteiger partial charge in [0.25, 0.3) is 0 Å². The molecule has 0 spiro atoms. The van der Waals surface area contributed by atoms with Crippen molar-refractivity contribution in [1.29, 1.82) is 10.5 Å². The van der Waals surface area contributed by atoms with Gasteiger partial charge in [-0.25, -0.2) is 9.98 Å². The molecule has 9 heteroatoms. The molecule has 2 aromatic rings. The number of fused-ring (bicyclic) bond motifs is 1. The topological polar surface area (TPSA) is 158 Å². The number of anilines is 3. The second-order valence-corrected chi connectivity index (χ2v) is 7.00. The van der Waals surface area contributed by atoms with Crippen LogP contribution in [0.2, 0.25) is 0 Å². The lowest BCUT2D eigenvalue weighted by molar-refractivity contribution is 0.210. The molecule has 29 heavy (non-hydrogen) atoms. The Labute approximate surface area is 168 Å². The average molecular weight is 388 g/mol. The summed E-state index contributed by atoms with van der Waals surface area (Å²) in [6.45, 7) is 0. The number of benzene rings is 1. The van der Waals surface area contributed by atoms with Gasteiger partial charge in [0.1, 0.15) is 35.1 Å². The first kappa shape index (κ1) is 18.4. The summed E-state index contributed by atoms with van der Waals surface area (Å²) in [6.07, 6.45) is 6.67. The maximum absolute atomic E-state index is 9.39. The molecule has 146 valence electrons. The minimum absolute atomic E-state index is 0.0218. The van der Waals surface area contributed by atoms with Crippen molar-refractivity contribution in [3.05, 3.63) is 41.0 Å². The molecule has 0 amide bonds. The summed E-state index contributed by atoms with van der Waals surface area (Å²) >= 11 is 0. The molecular weight excluding hydrogens is 368 g/mol. The third-order valence-corrected chi connectivity index (χ3v) is 5.16. The molecule has 0 radical (unpaired) electrons. The number of nitrogen functional groups attached to an aromatic ring is 2. The molecule has 1 aliphatic heterocycles. The van der Waals surface area contributed by atoms with Gasteiger partial charge >= 0.3 is 0 Å². The Hall–Kier alpha value is -3.98. The predicted octanol–water partition coefficient (Wildman–Crippen LogP) is 2.38. The minimum Gasteiger partial charge on any atom is -0.490 e. The normalized spacial score (nSPS) is 18.0. The largest absolute Gasteiger partial charge is 0.490 e. The number of pyridine rings is 1. The molecule has 1 fully saturated rings. The van der Waals surface area contributed by atoms with Gasteiger partial charge in [-0.2, -0.15) is 10.5 Å². The first-order valence-electron chi connectivity index (χ1n) is 9.36. The van der Waals surface area contributed by atoms with Crippen molar-refractivity contribution in [3.63, 3.8) is 0 Å². The molecule has 1 saturated carbocycles. The molecule has 6 N–H and O–H groups in total. The highest BCUT2D eigenvalue weighted by atomic mass is 16.5. The van der Waals surface area contributed by atoms with Crippen LogP contribution in [0.5, 0.6) is 5.75 Å².